The van der Waals surface area contributed by atoms with Gasteiger partial charge in [0.25, 0.3) is 0 Å². The molecular weight excluding hydrogens is 336 g/mol. The van der Waals surface area contributed by atoms with Gasteiger partial charge in [0.2, 0.25) is 0 Å². The maximum atomic E-state index is 11.9. The molecule has 0 heterocycles. The Morgan fingerprint density at radius 1 is 1.24 bits per heavy atom. The van der Waals surface area contributed by atoms with Crippen molar-refractivity contribution in [1.82, 2.24) is 5.32 Å². The molecule has 5 nitrogen and oxygen atoms in total. The molecule has 2 amide bonds. The molecule has 1 unspecified atom stereocenters. The van der Waals surface area contributed by atoms with Crippen LogP contribution in [-0.2, 0) is 0 Å². The monoisotopic (exact) mass is 356 g/mol. The van der Waals surface area contributed by atoms with E-state index in [-0.39, 0.29) is 17.6 Å². The maximum absolute atomic E-state index is 11.9. The summed E-state index contributed by atoms with van der Waals surface area (Å²) in [6, 6.07) is 4.26. The van der Waals surface area contributed by atoms with Crippen LogP contribution >= 0.6 is 15.9 Å². The predicted molar refractivity (Wildman–Crippen MR) is 86.8 cm³/mol. The Morgan fingerprint density at radius 3 is 2.43 bits per heavy atom. The molecular formula is C15H21BrN2O3. The molecule has 0 aliphatic rings. The number of carboxylic acids is 1. The molecule has 21 heavy (non-hydrogen) atoms. The molecule has 0 radical (unpaired) electrons. The number of carbonyl (C=O) groups is 2. The van der Waals surface area contributed by atoms with Crippen molar-refractivity contribution in [3.8, 4) is 0 Å². The van der Waals surface area contributed by atoms with Crippen LogP contribution in [0.15, 0.2) is 22.7 Å². The van der Waals surface area contributed by atoms with Crippen LogP contribution < -0.4 is 10.6 Å². The van der Waals surface area contributed by atoms with E-state index in [1.165, 1.54) is 12.1 Å². The zero-order valence-electron chi connectivity index (χ0n) is 12.4. The lowest BCUT2D eigenvalue weighted by Crippen LogP contribution is -2.36. The summed E-state index contributed by atoms with van der Waals surface area (Å²) < 4.78 is 0.535. The number of amides is 2. The summed E-state index contributed by atoms with van der Waals surface area (Å²) in [5, 5.41) is 14.5. The summed E-state index contributed by atoms with van der Waals surface area (Å²) >= 11 is 3.25. The molecule has 0 spiro atoms. The number of nitrogens with one attached hydrogen (secondary N) is 2. The second kappa shape index (κ2) is 8.02. The number of hydrogen-bond acceptors (Lipinski definition) is 2. The van der Waals surface area contributed by atoms with Gasteiger partial charge in [-0.15, -0.1) is 0 Å². The summed E-state index contributed by atoms with van der Waals surface area (Å²) in [7, 11) is 0. The molecule has 0 bridgehead atoms. The highest BCUT2D eigenvalue weighted by Gasteiger charge is 2.11. The third-order valence-electron chi connectivity index (χ3n) is 3.02. The van der Waals surface area contributed by atoms with Gasteiger partial charge in [-0.25, -0.2) is 9.59 Å². The van der Waals surface area contributed by atoms with Gasteiger partial charge in [0, 0.05) is 10.5 Å². The van der Waals surface area contributed by atoms with E-state index in [0.29, 0.717) is 16.1 Å². The van der Waals surface area contributed by atoms with Gasteiger partial charge in [0.15, 0.2) is 0 Å². The molecule has 0 aliphatic heterocycles. The highest BCUT2D eigenvalue weighted by Crippen LogP contribution is 2.23. The predicted octanol–water partition coefficient (Wildman–Crippen LogP) is 4.09. The number of benzene rings is 1. The second-order valence-electron chi connectivity index (χ2n) is 5.47. The SMILES string of the molecule is CC(C)CCC(C)NC(=O)Nc1ccc(C(=O)O)cc1Br. The third kappa shape index (κ3) is 6.16. The Labute approximate surface area is 133 Å². The van der Waals surface area contributed by atoms with Crippen LogP contribution in [0.25, 0.3) is 0 Å². The molecule has 0 saturated carbocycles. The van der Waals surface area contributed by atoms with E-state index in [2.05, 4.69) is 40.4 Å². The van der Waals surface area contributed by atoms with Crippen molar-refractivity contribution < 1.29 is 14.7 Å². The van der Waals surface area contributed by atoms with Crippen molar-refractivity contribution in [2.24, 2.45) is 5.92 Å². The Morgan fingerprint density at radius 2 is 1.90 bits per heavy atom. The molecule has 1 aromatic rings. The fourth-order valence-electron chi connectivity index (χ4n) is 1.79. The van der Waals surface area contributed by atoms with Crippen LogP contribution in [0.1, 0.15) is 44.0 Å². The summed E-state index contributed by atoms with van der Waals surface area (Å²) in [6.07, 6.45) is 1.97. The maximum Gasteiger partial charge on any atom is 0.335 e. The Bertz CT molecular complexity index is 518. The van der Waals surface area contributed by atoms with Crippen LogP contribution in [-0.4, -0.2) is 23.1 Å². The van der Waals surface area contributed by atoms with Crippen LogP contribution in [0, 0.1) is 5.92 Å². The molecule has 1 atom stereocenters. The van der Waals surface area contributed by atoms with Crippen molar-refractivity contribution >= 4 is 33.6 Å². The first-order chi connectivity index (χ1) is 9.79. The molecule has 6 heteroatoms. The Balaban J connectivity index is 2.57. The van der Waals surface area contributed by atoms with Gasteiger partial charge < -0.3 is 15.7 Å². The first-order valence-electron chi connectivity index (χ1n) is 6.90. The molecule has 1 aromatic carbocycles. The summed E-state index contributed by atoms with van der Waals surface area (Å²) in [5.74, 6) is -0.399. The van der Waals surface area contributed by atoms with Crippen LogP contribution in [0.5, 0.6) is 0 Å². The number of urea groups is 1. The first-order valence-corrected chi connectivity index (χ1v) is 7.69. The van der Waals surface area contributed by atoms with Crippen molar-refractivity contribution in [3.05, 3.63) is 28.2 Å². The van der Waals surface area contributed by atoms with Gasteiger partial charge >= 0.3 is 12.0 Å². The first kappa shape index (κ1) is 17.5. The molecule has 0 saturated heterocycles. The highest BCUT2D eigenvalue weighted by molar-refractivity contribution is 9.10. The lowest BCUT2D eigenvalue weighted by atomic mass is 10.0. The number of carbonyl (C=O) groups excluding carboxylic acids is 1. The lowest BCUT2D eigenvalue weighted by molar-refractivity contribution is 0.0697. The number of anilines is 1. The van der Waals surface area contributed by atoms with E-state index >= 15 is 0 Å². The quantitative estimate of drug-likeness (QED) is 0.717. The molecule has 3 N–H and O–H groups in total. The minimum absolute atomic E-state index is 0.0875. The van der Waals surface area contributed by atoms with Gasteiger partial charge in [0.05, 0.1) is 11.3 Å². The standard InChI is InChI=1S/C15H21BrN2O3/c1-9(2)4-5-10(3)17-15(21)18-13-7-6-11(14(19)20)8-12(13)16/h6-10H,4-5H2,1-3H3,(H,19,20)(H2,17,18,21). The smallest absolute Gasteiger partial charge is 0.335 e. The van der Waals surface area contributed by atoms with E-state index in [4.69, 9.17) is 5.11 Å². The number of carboxylic acid groups (broad SMARTS) is 1. The van der Waals surface area contributed by atoms with Crippen LogP contribution in [0.4, 0.5) is 10.5 Å². The molecule has 1 rings (SSSR count). The molecule has 0 aromatic heterocycles. The largest absolute Gasteiger partial charge is 0.478 e. The molecule has 116 valence electrons. The van der Waals surface area contributed by atoms with Gasteiger partial charge in [-0.2, -0.15) is 0 Å². The minimum Gasteiger partial charge on any atom is -0.478 e. The highest BCUT2D eigenvalue weighted by atomic mass is 79.9. The van der Waals surface area contributed by atoms with E-state index in [9.17, 15) is 9.59 Å². The fourth-order valence-corrected chi connectivity index (χ4v) is 2.27. The number of aromatic carboxylic acids is 1. The van der Waals surface area contributed by atoms with Crippen molar-refractivity contribution in [2.45, 2.75) is 39.7 Å². The Kier molecular flexibility index (Phi) is 6.68. The molecule has 0 aliphatic carbocycles. The van der Waals surface area contributed by atoms with Crippen LogP contribution in [0.2, 0.25) is 0 Å². The second-order valence-corrected chi connectivity index (χ2v) is 6.32. The van der Waals surface area contributed by atoms with Gasteiger partial charge in [-0.1, -0.05) is 13.8 Å². The number of halogens is 1. The van der Waals surface area contributed by atoms with Crippen molar-refractivity contribution in [3.63, 3.8) is 0 Å². The average Bonchev–Trinajstić information content (AvgIpc) is 2.38. The van der Waals surface area contributed by atoms with E-state index in [1.54, 1.807) is 6.07 Å². The normalized spacial score (nSPS) is 12.0. The van der Waals surface area contributed by atoms with Crippen molar-refractivity contribution in [1.29, 1.82) is 0 Å². The topological polar surface area (TPSA) is 78.4 Å². The van der Waals surface area contributed by atoms with Gasteiger partial charge in [0.1, 0.15) is 0 Å². The van der Waals surface area contributed by atoms with E-state index in [0.717, 1.165) is 12.8 Å². The summed E-state index contributed by atoms with van der Waals surface area (Å²) in [6.45, 7) is 6.26. The molecule has 0 fully saturated rings. The van der Waals surface area contributed by atoms with E-state index in [1.807, 2.05) is 6.92 Å². The van der Waals surface area contributed by atoms with Crippen LogP contribution in [0.3, 0.4) is 0 Å². The van der Waals surface area contributed by atoms with E-state index < -0.39 is 5.97 Å². The minimum atomic E-state index is -1.01. The van der Waals surface area contributed by atoms with Crippen molar-refractivity contribution in [2.75, 3.05) is 5.32 Å². The summed E-state index contributed by atoms with van der Waals surface area (Å²) in [5.41, 5.74) is 0.701. The fraction of sp³-hybridized carbons (Fsp3) is 0.467. The zero-order valence-corrected chi connectivity index (χ0v) is 14.0. The Hall–Kier alpha value is -1.56. The van der Waals surface area contributed by atoms with Gasteiger partial charge in [-0.05, 0) is 59.8 Å². The number of rotatable bonds is 6. The number of hydrogen-bond donors (Lipinski definition) is 3. The average molecular weight is 357 g/mol. The summed E-state index contributed by atoms with van der Waals surface area (Å²) in [4.78, 5) is 22.7. The van der Waals surface area contributed by atoms with Gasteiger partial charge in [-0.3, -0.25) is 0 Å². The third-order valence-corrected chi connectivity index (χ3v) is 3.67. The lowest BCUT2D eigenvalue weighted by Gasteiger charge is -2.16. The zero-order chi connectivity index (χ0) is 16.0.